The van der Waals surface area contributed by atoms with Crippen LogP contribution in [0.4, 0.5) is 9.18 Å². The first-order chi connectivity index (χ1) is 9.70. The van der Waals surface area contributed by atoms with Crippen molar-refractivity contribution < 1.29 is 23.8 Å². The number of carbonyl (C=O) groups is 2. The van der Waals surface area contributed by atoms with Gasteiger partial charge in [0.2, 0.25) is 0 Å². The first-order valence-electron chi connectivity index (χ1n) is 6.18. The Morgan fingerprint density at radius 1 is 1.38 bits per heavy atom. The van der Waals surface area contributed by atoms with Crippen LogP contribution in [0.1, 0.15) is 36.7 Å². The average Bonchev–Trinajstić information content (AvgIpc) is 2.32. The van der Waals surface area contributed by atoms with E-state index < -0.39 is 29.0 Å². The quantitative estimate of drug-likeness (QED) is 0.821. The molecular formula is C15H16FNO4. The Labute approximate surface area is 122 Å². The second-order valence-electron chi connectivity index (χ2n) is 5.12. The van der Waals surface area contributed by atoms with Crippen LogP contribution >= 0.6 is 0 Å². The molecular weight excluding hydrogens is 277 g/mol. The van der Waals surface area contributed by atoms with Crippen LogP contribution in [-0.4, -0.2) is 29.3 Å². The van der Waals surface area contributed by atoms with Crippen molar-refractivity contribution in [2.24, 2.45) is 0 Å². The third-order valence-corrected chi connectivity index (χ3v) is 2.17. The Bertz CT molecular complexity index is 608. The molecule has 0 aromatic heterocycles. The van der Waals surface area contributed by atoms with Crippen LogP contribution in [0, 0.1) is 17.7 Å². The Hall–Kier alpha value is -2.55. The highest BCUT2D eigenvalue weighted by Crippen LogP contribution is 2.12. The van der Waals surface area contributed by atoms with Crippen LogP contribution in [-0.2, 0) is 4.74 Å². The summed E-state index contributed by atoms with van der Waals surface area (Å²) in [7, 11) is 0. The van der Waals surface area contributed by atoms with Gasteiger partial charge in [-0.2, -0.15) is 0 Å². The van der Waals surface area contributed by atoms with Gasteiger partial charge in [0.25, 0.3) is 0 Å². The van der Waals surface area contributed by atoms with E-state index in [2.05, 4.69) is 17.2 Å². The number of hydrogen-bond donors (Lipinski definition) is 2. The lowest BCUT2D eigenvalue weighted by atomic mass is 10.1. The number of benzene rings is 1. The molecule has 1 rings (SSSR count). The minimum absolute atomic E-state index is 0.0372. The Morgan fingerprint density at radius 2 is 2.05 bits per heavy atom. The highest BCUT2D eigenvalue weighted by molar-refractivity contribution is 5.91. The molecule has 2 N–H and O–H groups in total. The zero-order valence-electron chi connectivity index (χ0n) is 12.0. The van der Waals surface area contributed by atoms with Crippen LogP contribution < -0.4 is 5.32 Å². The SMILES string of the molecule is CC(C)(C)OC(=O)NCC#Cc1cccc(F)c1C(=O)O. The molecule has 0 spiro atoms. The van der Waals surface area contributed by atoms with Crippen molar-refractivity contribution >= 4 is 12.1 Å². The van der Waals surface area contributed by atoms with E-state index in [9.17, 15) is 14.0 Å². The number of carboxylic acid groups (broad SMARTS) is 1. The monoisotopic (exact) mass is 293 g/mol. The third-order valence-electron chi connectivity index (χ3n) is 2.17. The summed E-state index contributed by atoms with van der Waals surface area (Å²) in [6, 6.07) is 3.81. The fourth-order valence-electron chi connectivity index (χ4n) is 1.42. The Morgan fingerprint density at radius 3 is 2.62 bits per heavy atom. The van der Waals surface area contributed by atoms with Crippen molar-refractivity contribution in [2.45, 2.75) is 26.4 Å². The summed E-state index contributed by atoms with van der Waals surface area (Å²) in [6.07, 6.45) is -0.630. The molecule has 0 aliphatic rings. The maximum atomic E-state index is 13.4. The topological polar surface area (TPSA) is 75.6 Å². The standard InChI is InChI=1S/C15H16FNO4/c1-15(2,3)21-14(20)17-9-5-7-10-6-4-8-11(16)12(10)13(18)19/h4,6,8H,9H2,1-3H3,(H,17,20)(H,18,19). The molecule has 1 aromatic rings. The molecule has 0 atom stereocenters. The summed E-state index contributed by atoms with van der Waals surface area (Å²) in [6.45, 7) is 5.14. The molecule has 0 bridgehead atoms. The van der Waals surface area contributed by atoms with E-state index in [-0.39, 0.29) is 12.1 Å². The summed E-state index contributed by atoms with van der Waals surface area (Å²) in [5.41, 5.74) is -1.05. The van der Waals surface area contributed by atoms with E-state index >= 15 is 0 Å². The number of nitrogens with one attached hydrogen (secondary N) is 1. The maximum absolute atomic E-state index is 13.4. The van der Waals surface area contributed by atoms with Crippen molar-refractivity contribution in [3.05, 3.63) is 35.1 Å². The molecule has 0 fully saturated rings. The Balaban J connectivity index is 2.71. The smallest absolute Gasteiger partial charge is 0.408 e. The second-order valence-corrected chi connectivity index (χ2v) is 5.12. The number of carboxylic acids is 1. The predicted molar refractivity (Wildman–Crippen MR) is 74.5 cm³/mol. The number of hydrogen-bond acceptors (Lipinski definition) is 3. The lowest BCUT2D eigenvalue weighted by Gasteiger charge is -2.19. The highest BCUT2D eigenvalue weighted by Gasteiger charge is 2.15. The number of rotatable bonds is 2. The lowest BCUT2D eigenvalue weighted by Crippen LogP contribution is -2.32. The largest absolute Gasteiger partial charge is 0.478 e. The maximum Gasteiger partial charge on any atom is 0.408 e. The van der Waals surface area contributed by atoms with Gasteiger partial charge in [-0.3, -0.25) is 0 Å². The predicted octanol–water partition coefficient (Wildman–Crippen LogP) is 2.40. The zero-order valence-corrected chi connectivity index (χ0v) is 12.0. The highest BCUT2D eigenvalue weighted by atomic mass is 19.1. The van der Waals surface area contributed by atoms with Crippen LogP contribution in [0.3, 0.4) is 0 Å². The molecule has 1 aromatic carbocycles. The zero-order chi connectivity index (χ0) is 16.0. The fourth-order valence-corrected chi connectivity index (χ4v) is 1.42. The van der Waals surface area contributed by atoms with E-state index in [0.29, 0.717) is 0 Å². The summed E-state index contributed by atoms with van der Waals surface area (Å²) in [5.74, 6) is 2.82. The summed E-state index contributed by atoms with van der Waals surface area (Å²) in [5, 5.41) is 11.3. The molecule has 6 heteroatoms. The number of aromatic carboxylic acids is 1. The van der Waals surface area contributed by atoms with E-state index in [1.165, 1.54) is 12.1 Å². The van der Waals surface area contributed by atoms with E-state index in [1.54, 1.807) is 20.8 Å². The minimum Gasteiger partial charge on any atom is -0.478 e. The number of halogens is 1. The molecule has 0 unspecified atom stereocenters. The van der Waals surface area contributed by atoms with Gasteiger partial charge < -0.3 is 15.2 Å². The summed E-state index contributed by atoms with van der Waals surface area (Å²) in [4.78, 5) is 22.3. The minimum atomic E-state index is -1.39. The van der Waals surface area contributed by atoms with Crippen LogP contribution in [0.2, 0.25) is 0 Å². The third kappa shape index (κ3) is 5.53. The van der Waals surface area contributed by atoms with Crippen molar-refractivity contribution in [3.63, 3.8) is 0 Å². The van der Waals surface area contributed by atoms with E-state index in [4.69, 9.17) is 9.84 Å². The van der Waals surface area contributed by atoms with Gasteiger partial charge in [-0.25, -0.2) is 14.0 Å². The molecule has 0 radical (unpaired) electrons. The van der Waals surface area contributed by atoms with Gasteiger partial charge in [-0.1, -0.05) is 17.9 Å². The molecule has 1 amide bonds. The van der Waals surface area contributed by atoms with Gasteiger partial charge in [0.15, 0.2) is 0 Å². The van der Waals surface area contributed by atoms with E-state index in [1.807, 2.05) is 0 Å². The van der Waals surface area contributed by atoms with Gasteiger partial charge in [0.1, 0.15) is 17.0 Å². The van der Waals surface area contributed by atoms with Crippen molar-refractivity contribution in [2.75, 3.05) is 6.54 Å². The molecule has 5 nitrogen and oxygen atoms in total. The first kappa shape index (κ1) is 16.5. The molecule has 112 valence electrons. The van der Waals surface area contributed by atoms with Crippen molar-refractivity contribution in [1.29, 1.82) is 0 Å². The second kappa shape index (κ2) is 6.75. The number of alkyl carbamates (subject to hydrolysis) is 1. The van der Waals surface area contributed by atoms with Crippen LogP contribution in [0.25, 0.3) is 0 Å². The number of carbonyl (C=O) groups excluding carboxylic acids is 1. The molecule has 0 heterocycles. The molecule has 0 aliphatic heterocycles. The average molecular weight is 293 g/mol. The van der Waals surface area contributed by atoms with E-state index in [0.717, 1.165) is 6.07 Å². The molecule has 0 saturated carbocycles. The molecule has 0 saturated heterocycles. The van der Waals surface area contributed by atoms with Gasteiger partial charge >= 0.3 is 12.1 Å². The van der Waals surface area contributed by atoms with Gasteiger partial charge in [0.05, 0.1) is 6.54 Å². The first-order valence-corrected chi connectivity index (χ1v) is 6.18. The Kier molecular flexibility index (Phi) is 5.30. The fraction of sp³-hybridized carbons (Fsp3) is 0.333. The summed E-state index contributed by atoms with van der Waals surface area (Å²) >= 11 is 0. The van der Waals surface area contributed by atoms with Crippen molar-refractivity contribution in [3.8, 4) is 11.8 Å². The van der Waals surface area contributed by atoms with Gasteiger partial charge in [-0.05, 0) is 32.9 Å². The summed E-state index contributed by atoms with van der Waals surface area (Å²) < 4.78 is 18.4. The van der Waals surface area contributed by atoms with Crippen LogP contribution in [0.5, 0.6) is 0 Å². The molecule has 0 aliphatic carbocycles. The number of amides is 1. The number of ether oxygens (including phenoxy) is 1. The lowest BCUT2D eigenvalue weighted by molar-refractivity contribution is 0.0534. The van der Waals surface area contributed by atoms with Crippen molar-refractivity contribution in [1.82, 2.24) is 5.32 Å². The van der Waals surface area contributed by atoms with Gasteiger partial charge in [-0.15, -0.1) is 0 Å². The van der Waals surface area contributed by atoms with Crippen LogP contribution in [0.15, 0.2) is 18.2 Å². The van der Waals surface area contributed by atoms with Gasteiger partial charge in [0, 0.05) is 5.56 Å². The molecule has 21 heavy (non-hydrogen) atoms. The normalized spacial score (nSPS) is 10.3.